The van der Waals surface area contributed by atoms with Crippen LogP contribution in [0, 0.1) is 0 Å². The van der Waals surface area contributed by atoms with Gasteiger partial charge in [0.1, 0.15) is 0 Å². The van der Waals surface area contributed by atoms with E-state index in [1.165, 1.54) is 18.7 Å². The molecule has 0 radical (unpaired) electrons. The van der Waals surface area contributed by atoms with Crippen LogP contribution in [0.1, 0.15) is 19.4 Å². The predicted octanol–water partition coefficient (Wildman–Crippen LogP) is 2.34. The second-order valence-corrected chi connectivity index (χ2v) is 4.17. The van der Waals surface area contributed by atoms with Gasteiger partial charge in [-0.3, -0.25) is 14.5 Å². The highest BCUT2D eigenvalue weighted by molar-refractivity contribution is 9.10. The number of carbonyl (C=O) groups excluding carboxylic acids is 2. The molecular formula is C11H12BrNO2. The maximum absolute atomic E-state index is 11.2. The largest absolute Gasteiger partial charge is 0.279 e. The molecule has 0 aliphatic heterocycles. The Labute approximate surface area is 97.2 Å². The molecule has 80 valence electrons. The highest BCUT2D eigenvalue weighted by Crippen LogP contribution is 2.12. The quantitative estimate of drug-likeness (QED) is 0.827. The maximum atomic E-state index is 11.2. The van der Waals surface area contributed by atoms with E-state index in [1.54, 1.807) is 0 Å². The van der Waals surface area contributed by atoms with Gasteiger partial charge >= 0.3 is 0 Å². The lowest BCUT2D eigenvalue weighted by Gasteiger charge is -2.16. The number of carbonyl (C=O) groups is 2. The Bertz CT molecular complexity index is 359. The zero-order chi connectivity index (χ0) is 11.4. The summed E-state index contributed by atoms with van der Waals surface area (Å²) >= 11 is 3.32. The highest BCUT2D eigenvalue weighted by Gasteiger charge is 2.13. The van der Waals surface area contributed by atoms with E-state index in [1.807, 2.05) is 24.3 Å². The fourth-order valence-electron chi connectivity index (χ4n) is 1.22. The molecule has 0 fully saturated rings. The van der Waals surface area contributed by atoms with Gasteiger partial charge in [-0.15, -0.1) is 0 Å². The summed E-state index contributed by atoms with van der Waals surface area (Å²) in [5.74, 6) is -0.462. The third kappa shape index (κ3) is 3.47. The fourth-order valence-corrected chi connectivity index (χ4v) is 1.48. The van der Waals surface area contributed by atoms with Gasteiger partial charge in [-0.1, -0.05) is 28.1 Å². The van der Waals surface area contributed by atoms with E-state index in [-0.39, 0.29) is 11.8 Å². The second kappa shape index (κ2) is 5.07. The number of benzene rings is 1. The lowest BCUT2D eigenvalue weighted by molar-refractivity contribution is -0.142. The first-order valence-electron chi connectivity index (χ1n) is 4.54. The first kappa shape index (κ1) is 11.9. The summed E-state index contributed by atoms with van der Waals surface area (Å²) in [6, 6.07) is 7.52. The van der Waals surface area contributed by atoms with E-state index in [4.69, 9.17) is 0 Å². The Morgan fingerprint density at radius 2 is 1.60 bits per heavy atom. The van der Waals surface area contributed by atoms with Crippen molar-refractivity contribution in [3.05, 3.63) is 34.3 Å². The van der Waals surface area contributed by atoms with Crippen LogP contribution in [0.25, 0.3) is 0 Å². The summed E-state index contributed by atoms with van der Waals surface area (Å²) < 4.78 is 0.975. The number of imide groups is 1. The Morgan fingerprint density at radius 3 is 2.00 bits per heavy atom. The molecule has 2 amide bonds. The third-order valence-electron chi connectivity index (χ3n) is 2.01. The van der Waals surface area contributed by atoms with Crippen LogP contribution in [0.5, 0.6) is 0 Å². The van der Waals surface area contributed by atoms with Crippen molar-refractivity contribution in [2.75, 3.05) is 0 Å². The molecule has 3 nitrogen and oxygen atoms in total. The predicted molar refractivity (Wildman–Crippen MR) is 61.0 cm³/mol. The van der Waals surface area contributed by atoms with Gasteiger partial charge in [0.15, 0.2) is 0 Å². The molecule has 0 N–H and O–H groups in total. The smallest absolute Gasteiger partial charge is 0.226 e. The van der Waals surface area contributed by atoms with Gasteiger partial charge in [0, 0.05) is 18.3 Å². The van der Waals surface area contributed by atoms with Crippen molar-refractivity contribution in [2.24, 2.45) is 0 Å². The van der Waals surface area contributed by atoms with Gasteiger partial charge in [0.05, 0.1) is 6.54 Å². The Hall–Kier alpha value is -1.16. The summed E-state index contributed by atoms with van der Waals surface area (Å²) in [6.45, 7) is 3.11. The zero-order valence-corrected chi connectivity index (χ0v) is 10.2. The molecule has 0 aliphatic rings. The number of amides is 2. The molecule has 1 aromatic carbocycles. The van der Waals surface area contributed by atoms with Crippen LogP contribution in [-0.2, 0) is 16.1 Å². The van der Waals surface area contributed by atoms with Crippen molar-refractivity contribution in [3.8, 4) is 0 Å². The van der Waals surface area contributed by atoms with Gasteiger partial charge in [-0.25, -0.2) is 0 Å². The minimum absolute atomic E-state index is 0.231. The third-order valence-corrected chi connectivity index (χ3v) is 2.54. The second-order valence-electron chi connectivity index (χ2n) is 3.25. The van der Waals surface area contributed by atoms with Crippen LogP contribution in [0.2, 0.25) is 0 Å². The average Bonchev–Trinajstić information content (AvgIpc) is 2.15. The summed E-state index contributed by atoms with van der Waals surface area (Å²) in [5.41, 5.74) is 0.934. The van der Waals surface area contributed by atoms with Crippen LogP contribution in [0.3, 0.4) is 0 Å². The van der Waals surface area contributed by atoms with Crippen molar-refractivity contribution < 1.29 is 9.59 Å². The Balaban J connectivity index is 2.79. The molecule has 0 spiro atoms. The molecule has 1 aromatic rings. The standard InChI is InChI=1S/C11H12BrNO2/c1-8(14)13(9(2)15)7-10-3-5-11(12)6-4-10/h3-6H,7H2,1-2H3. The molecular weight excluding hydrogens is 258 g/mol. The molecule has 0 heterocycles. The Kier molecular flexibility index (Phi) is 4.03. The van der Waals surface area contributed by atoms with Crippen LogP contribution in [0.15, 0.2) is 28.7 Å². The van der Waals surface area contributed by atoms with E-state index in [0.717, 1.165) is 10.0 Å². The molecule has 0 unspecified atom stereocenters. The van der Waals surface area contributed by atoms with Gasteiger partial charge in [0.2, 0.25) is 11.8 Å². The van der Waals surface area contributed by atoms with E-state index < -0.39 is 0 Å². The number of hydrogen-bond donors (Lipinski definition) is 0. The molecule has 0 aromatic heterocycles. The number of hydrogen-bond acceptors (Lipinski definition) is 2. The molecule has 15 heavy (non-hydrogen) atoms. The number of halogens is 1. The highest BCUT2D eigenvalue weighted by atomic mass is 79.9. The maximum Gasteiger partial charge on any atom is 0.226 e. The molecule has 0 saturated carbocycles. The monoisotopic (exact) mass is 269 g/mol. The van der Waals surface area contributed by atoms with Crippen LogP contribution < -0.4 is 0 Å². The van der Waals surface area contributed by atoms with Gasteiger partial charge in [-0.05, 0) is 17.7 Å². The minimum atomic E-state index is -0.231. The molecule has 0 saturated heterocycles. The molecule has 4 heteroatoms. The van der Waals surface area contributed by atoms with Gasteiger partial charge in [-0.2, -0.15) is 0 Å². The van der Waals surface area contributed by atoms with Crippen molar-refractivity contribution in [1.29, 1.82) is 0 Å². The molecule has 0 atom stereocenters. The van der Waals surface area contributed by atoms with Crippen molar-refractivity contribution >= 4 is 27.7 Å². The lowest BCUT2D eigenvalue weighted by Crippen LogP contribution is -2.32. The van der Waals surface area contributed by atoms with Crippen LogP contribution in [-0.4, -0.2) is 16.7 Å². The summed E-state index contributed by atoms with van der Waals surface area (Å²) in [4.78, 5) is 23.5. The number of rotatable bonds is 2. The topological polar surface area (TPSA) is 37.4 Å². The van der Waals surface area contributed by atoms with Gasteiger partial charge < -0.3 is 0 Å². The first-order chi connectivity index (χ1) is 7.00. The summed E-state index contributed by atoms with van der Waals surface area (Å²) in [7, 11) is 0. The zero-order valence-electron chi connectivity index (χ0n) is 8.66. The molecule has 1 rings (SSSR count). The normalized spacial score (nSPS) is 9.80. The first-order valence-corrected chi connectivity index (χ1v) is 5.33. The van der Waals surface area contributed by atoms with E-state index in [0.29, 0.717) is 6.54 Å². The van der Waals surface area contributed by atoms with Crippen LogP contribution in [0.4, 0.5) is 0 Å². The Morgan fingerprint density at radius 1 is 1.13 bits per heavy atom. The lowest BCUT2D eigenvalue weighted by atomic mass is 10.2. The molecule has 0 bridgehead atoms. The van der Waals surface area contributed by atoms with Crippen molar-refractivity contribution in [2.45, 2.75) is 20.4 Å². The van der Waals surface area contributed by atoms with E-state index in [2.05, 4.69) is 15.9 Å². The van der Waals surface area contributed by atoms with Gasteiger partial charge in [0.25, 0.3) is 0 Å². The van der Waals surface area contributed by atoms with Crippen molar-refractivity contribution in [3.63, 3.8) is 0 Å². The number of nitrogens with zero attached hydrogens (tertiary/aromatic N) is 1. The summed E-state index contributed by atoms with van der Waals surface area (Å²) in [6.07, 6.45) is 0. The van der Waals surface area contributed by atoms with Crippen LogP contribution >= 0.6 is 15.9 Å². The molecule has 0 aliphatic carbocycles. The fraction of sp³-hybridized carbons (Fsp3) is 0.273. The minimum Gasteiger partial charge on any atom is -0.279 e. The van der Waals surface area contributed by atoms with Crippen molar-refractivity contribution in [1.82, 2.24) is 4.90 Å². The van der Waals surface area contributed by atoms with E-state index >= 15 is 0 Å². The SMILES string of the molecule is CC(=O)N(Cc1ccc(Br)cc1)C(C)=O. The average molecular weight is 270 g/mol. The van der Waals surface area contributed by atoms with E-state index in [9.17, 15) is 9.59 Å². The summed E-state index contributed by atoms with van der Waals surface area (Å²) in [5, 5.41) is 0.